The molecule has 0 amide bonds. The Morgan fingerprint density at radius 2 is 1.94 bits per heavy atom. The zero-order valence-corrected chi connectivity index (χ0v) is 25.5. The number of alkyl halides is 4. The molecule has 9 rings (SSSR count). The lowest BCUT2D eigenvalue weighted by Crippen LogP contribution is -2.51. The highest BCUT2D eigenvalue weighted by Gasteiger charge is 2.49. The van der Waals surface area contributed by atoms with E-state index in [4.69, 9.17) is 9.72 Å². The normalized spacial score (nSPS) is 26.3. The van der Waals surface area contributed by atoms with E-state index in [0.717, 1.165) is 32.2 Å². The van der Waals surface area contributed by atoms with Gasteiger partial charge in [0, 0.05) is 49.1 Å². The first-order chi connectivity index (χ1) is 22.6. The Morgan fingerprint density at radius 1 is 1.13 bits per heavy atom. The molecule has 0 radical (unpaired) electrons. The topological polar surface area (TPSA) is 99.5 Å². The fourth-order valence-corrected chi connectivity index (χ4v) is 8.66. The van der Waals surface area contributed by atoms with Crippen molar-refractivity contribution < 1.29 is 26.7 Å². The van der Waals surface area contributed by atoms with E-state index in [1.165, 1.54) is 29.9 Å². The Kier molecular flexibility index (Phi) is 6.30. The summed E-state index contributed by atoms with van der Waals surface area (Å²) in [6, 6.07) is 3.34. The first-order valence-electron chi connectivity index (χ1n) is 16.0. The number of fused-ring (bicyclic) bond motifs is 7. The summed E-state index contributed by atoms with van der Waals surface area (Å²) in [5.74, 6) is -0.546. The van der Waals surface area contributed by atoms with Crippen LogP contribution in [0.1, 0.15) is 43.2 Å². The van der Waals surface area contributed by atoms with E-state index >= 15 is 4.39 Å². The second-order valence-electron chi connectivity index (χ2n) is 13.5. The smallest absolute Gasteiger partial charge is 0.417 e. The van der Waals surface area contributed by atoms with Gasteiger partial charge in [0.2, 0.25) is 0 Å². The zero-order valence-electron chi connectivity index (χ0n) is 25.5. The summed E-state index contributed by atoms with van der Waals surface area (Å²) >= 11 is 0. The maximum Gasteiger partial charge on any atom is 0.417 e. The van der Waals surface area contributed by atoms with Crippen LogP contribution in [-0.2, 0) is 6.18 Å². The minimum absolute atomic E-state index is 0.0872. The van der Waals surface area contributed by atoms with Gasteiger partial charge in [-0.15, -0.1) is 0 Å². The Hall–Kier alpha value is -4.11. The van der Waals surface area contributed by atoms with E-state index in [-0.39, 0.29) is 52.4 Å². The van der Waals surface area contributed by atoms with Crippen molar-refractivity contribution in [2.24, 2.45) is 0 Å². The van der Waals surface area contributed by atoms with Crippen molar-refractivity contribution in [3.05, 3.63) is 41.5 Å². The SMILES string of the molecule is Cc1cc2[nH]ncc2c(-c2c(F)c3nc(OCC45CCCN4CC(F)C5)nc(N4CC5CCC(C4)N5)c3c3ccnn23)c1C(F)(F)F. The maximum absolute atomic E-state index is 17.3. The van der Waals surface area contributed by atoms with Gasteiger partial charge in [-0.05, 0) is 56.8 Å². The molecule has 4 aliphatic rings. The molecule has 5 aromatic rings. The van der Waals surface area contributed by atoms with Gasteiger partial charge in [-0.1, -0.05) is 0 Å². The summed E-state index contributed by atoms with van der Waals surface area (Å²) in [4.78, 5) is 13.6. The predicted octanol–water partition coefficient (Wildman–Crippen LogP) is 5.18. The Balaban J connectivity index is 1.28. The zero-order chi connectivity index (χ0) is 32.2. The van der Waals surface area contributed by atoms with Crippen molar-refractivity contribution in [3.8, 4) is 17.3 Å². The molecule has 10 nitrogen and oxygen atoms in total. The van der Waals surface area contributed by atoms with Crippen LogP contribution in [0.5, 0.6) is 6.01 Å². The molecule has 246 valence electrons. The number of piperazine rings is 1. The number of H-pyrrole nitrogens is 1. The van der Waals surface area contributed by atoms with Crippen molar-refractivity contribution >= 4 is 33.1 Å². The molecular weight excluding hydrogens is 621 g/mol. The van der Waals surface area contributed by atoms with Crippen LogP contribution in [0, 0.1) is 12.7 Å². The number of pyridine rings is 1. The van der Waals surface area contributed by atoms with Crippen molar-refractivity contribution in [2.45, 2.75) is 69.0 Å². The molecule has 0 aliphatic carbocycles. The van der Waals surface area contributed by atoms with Crippen LogP contribution in [0.2, 0.25) is 0 Å². The summed E-state index contributed by atoms with van der Waals surface area (Å²) in [6.07, 6.45) is 0.924. The molecule has 2 bridgehead atoms. The van der Waals surface area contributed by atoms with Gasteiger partial charge in [-0.3, -0.25) is 10.00 Å². The molecule has 1 aromatic carbocycles. The number of ether oxygens (including phenoxy) is 1. The van der Waals surface area contributed by atoms with Gasteiger partial charge in [-0.25, -0.2) is 13.3 Å². The van der Waals surface area contributed by atoms with Crippen LogP contribution >= 0.6 is 0 Å². The van der Waals surface area contributed by atoms with Gasteiger partial charge < -0.3 is 15.0 Å². The largest absolute Gasteiger partial charge is 0.461 e. The van der Waals surface area contributed by atoms with Crippen LogP contribution in [0.15, 0.2) is 24.5 Å². The number of halogens is 5. The molecule has 4 aromatic heterocycles. The van der Waals surface area contributed by atoms with Crippen molar-refractivity contribution in [2.75, 3.05) is 37.7 Å². The summed E-state index contributed by atoms with van der Waals surface area (Å²) in [7, 11) is 0. The van der Waals surface area contributed by atoms with Crippen LogP contribution < -0.4 is 15.0 Å². The maximum atomic E-state index is 17.3. The van der Waals surface area contributed by atoms with Gasteiger partial charge in [-0.2, -0.15) is 33.3 Å². The number of benzene rings is 1. The fraction of sp³-hybridized carbons (Fsp3) is 0.500. The summed E-state index contributed by atoms with van der Waals surface area (Å²) in [5, 5.41) is 15.1. The van der Waals surface area contributed by atoms with Crippen molar-refractivity contribution in [1.82, 2.24) is 40.0 Å². The summed E-state index contributed by atoms with van der Waals surface area (Å²) in [5.41, 5.74) is -1.79. The van der Waals surface area contributed by atoms with E-state index in [0.29, 0.717) is 48.3 Å². The number of aromatic nitrogens is 6. The average Bonchev–Trinajstić information content (AvgIpc) is 3.85. The van der Waals surface area contributed by atoms with Gasteiger partial charge in [0.15, 0.2) is 5.82 Å². The Bertz CT molecular complexity index is 2050. The quantitative estimate of drug-likeness (QED) is 0.251. The highest BCUT2D eigenvalue weighted by atomic mass is 19.4. The number of hydrogen-bond donors (Lipinski definition) is 2. The van der Waals surface area contributed by atoms with Crippen molar-refractivity contribution in [1.29, 1.82) is 0 Å². The van der Waals surface area contributed by atoms with E-state index < -0.39 is 29.3 Å². The molecule has 0 spiro atoms. The molecule has 4 saturated heterocycles. The standard InChI is InChI=1S/C32H32F5N9O/c1-16-9-21-20(11-38-43-21)23(25(16)32(35,36)37)28-26(34)27-24(22-5-7-39-46(22)28)29(44-13-18-3-4-19(14-44)40-18)42-30(41-27)47-15-31-6-2-8-45(31)12-17(33)10-31/h5,7,9,11,17-19,40H,2-4,6,8,10,12-15H2,1H3,(H,38,43). The summed E-state index contributed by atoms with van der Waals surface area (Å²) < 4.78 is 83.6. The van der Waals surface area contributed by atoms with Crippen LogP contribution in [0.4, 0.5) is 27.8 Å². The first kappa shape index (κ1) is 29.1. The number of anilines is 1. The van der Waals surface area contributed by atoms with Crippen LogP contribution in [-0.4, -0.2) is 91.3 Å². The Labute approximate surface area is 265 Å². The molecule has 8 heterocycles. The van der Waals surface area contributed by atoms with Gasteiger partial charge in [0.1, 0.15) is 29.8 Å². The molecule has 4 aliphatic heterocycles. The van der Waals surface area contributed by atoms with E-state index in [2.05, 4.69) is 35.4 Å². The molecule has 47 heavy (non-hydrogen) atoms. The first-order valence-corrected chi connectivity index (χ1v) is 16.0. The monoisotopic (exact) mass is 653 g/mol. The third kappa shape index (κ3) is 4.41. The minimum atomic E-state index is -4.81. The predicted molar refractivity (Wildman–Crippen MR) is 164 cm³/mol. The van der Waals surface area contributed by atoms with Gasteiger partial charge in [0.25, 0.3) is 0 Å². The van der Waals surface area contributed by atoms with Gasteiger partial charge >= 0.3 is 12.2 Å². The van der Waals surface area contributed by atoms with Crippen LogP contribution in [0.25, 0.3) is 38.6 Å². The second-order valence-corrected chi connectivity index (χ2v) is 13.5. The number of rotatable bonds is 5. The van der Waals surface area contributed by atoms with E-state index in [1.54, 1.807) is 6.07 Å². The number of nitrogens with zero attached hydrogens (tertiary/aromatic N) is 7. The molecule has 4 unspecified atom stereocenters. The average molecular weight is 654 g/mol. The molecule has 15 heteroatoms. The second kappa shape index (κ2) is 10.2. The minimum Gasteiger partial charge on any atom is -0.461 e. The van der Waals surface area contributed by atoms with E-state index in [9.17, 15) is 17.6 Å². The molecular formula is C32H32F5N9O. The number of aromatic amines is 1. The third-order valence-electron chi connectivity index (χ3n) is 10.6. The molecule has 2 N–H and O–H groups in total. The number of hydrogen-bond acceptors (Lipinski definition) is 8. The highest BCUT2D eigenvalue weighted by Crippen LogP contribution is 2.46. The third-order valence-corrected chi connectivity index (χ3v) is 10.6. The lowest BCUT2D eigenvalue weighted by Gasteiger charge is -2.35. The number of nitrogens with one attached hydrogen (secondary N) is 2. The highest BCUT2D eigenvalue weighted by molar-refractivity contribution is 6.06. The summed E-state index contributed by atoms with van der Waals surface area (Å²) in [6.45, 7) is 3.80. The van der Waals surface area contributed by atoms with E-state index in [1.807, 2.05) is 0 Å². The molecule has 4 fully saturated rings. The van der Waals surface area contributed by atoms with Gasteiger partial charge in [0.05, 0.1) is 39.9 Å². The lowest BCUT2D eigenvalue weighted by molar-refractivity contribution is -0.137. The van der Waals surface area contributed by atoms with Crippen molar-refractivity contribution in [3.63, 3.8) is 0 Å². The lowest BCUT2D eigenvalue weighted by atomic mass is 9.94. The molecule has 0 saturated carbocycles. The van der Waals surface area contributed by atoms with Crippen LogP contribution in [0.3, 0.4) is 0 Å². The number of aryl methyl sites for hydroxylation is 1. The fourth-order valence-electron chi connectivity index (χ4n) is 8.66. The Morgan fingerprint density at radius 3 is 2.72 bits per heavy atom. The molecule has 4 atom stereocenters.